The second-order valence-electron chi connectivity index (χ2n) is 15.4. The Bertz CT molecular complexity index is 1380. The van der Waals surface area contributed by atoms with Crippen LogP contribution in [0.4, 0.5) is 0 Å². The Morgan fingerprint density at radius 3 is 2.47 bits per heavy atom. The van der Waals surface area contributed by atoms with Crippen molar-refractivity contribution in [2.24, 2.45) is 17.3 Å². The average molecular weight is 745 g/mol. The Morgan fingerprint density at radius 1 is 1.16 bits per heavy atom. The number of fused-ring (bicyclic) bond motifs is 1. The Balaban J connectivity index is 1.70. The maximum Gasteiger partial charge on any atom is 0.313 e. The number of carbonyl (C=O) groups is 4. The Kier molecular flexibility index (Phi) is 12.6. The molecular weight excluding hydrogens is 690 g/mol. The minimum Gasteiger partial charge on any atom is -0.455 e. The van der Waals surface area contributed by atoms with E-state index < -0.39 is 47.2 Å². The number of nitrogens with zero attached hydrogens (tertiary/aromatic N) is 2. The lowest BCUT2D eigenvalue weighted by atomic mass is 9.70. The van der Waals surface area contributed by atoms with Crippen molar-refractivity contribution in [3.63, 3.8) is 0 Å². The van der Waals surface area contributed by atoms with Gasteiger partial charge in [0, 0.05) is 36.5 Å². The number of alkyl halides is 1. The number of halogens is 1. The number of ether oxygens (including phenoxy) is 2. The minimum atomic E-state index is -1.26. The third kappa shape index (κ3) is 8.31. The number of unbranched alkanes of at least 4 members (excludes halogenated alkanes) is 1. The standard InChI is InChI=1S/C38H54BrN3O7/c1-8-10-18-28(44)40-23-27(25-16-12-11-13-17-25)48-35(47)29-30-33(45)41(20-14-15-21-43)32(38(30)22-26(39)31(29)49-38)34(46)42(19-9-2)37(6,7)24-36(3,4)5/h8-9,11-13,16-17,26-27,29-32,43H,1-2,10,14-15,18-24H2,3-7H3,(H,40,44)/t26?,27-,29+,30-,31+,32+,38-/m0/s1. The van der Waals surface area contributed by atoms with Gasteiger partial charge in [-0.2, -0.15) is 0 Å². The smallest absolute Gasteiger partial charge is 0.313 e. The van der Waals surface area contributed by atoms with E-state index in [0.29, 0.717) is 37.7 Å². The van der Waals surface area contributed by atoms with Crippen molar-refractivity contribution in [1.82, 2.24) is 15.1 Å². The lowest BCUT2D eigenvalue weighted by Crippen LogP contribution is -2.61. The molecule has 4 rings (SSSR count). The third-order valence-electron chi connectivity index (χ3n) is 9.86. The van der Waals surface area contributed by atoms with Gasteiger partial charge in [0.2, 0.25) is 17.7 Å². The number of nitrogens with one attached hydrogen (secondary N) is 1. The largest absolute Gasteiger partial charge is 0.455 e. The predicted molar refractivity (Wildman–Crippen MR) is 192 cm³/mol. The molecular formula is C38H54BrN3O7. The van der Waals surface area contributed by atoms with Crippen molar-refractivity contribution in [2.45, 2.75) is 107 Å². The number of hydrogen-bond donors (Lipinski definition) is 2. The zero-order chi connectivity index (χ0) is 36.1. The molecule has 7 atom stereocenters. The molecule has 1 unspecified atom stereocenters. The van der Waals surface area contributed by atoms with Crippen molar-refractivity contribution >= 4 is 39.6 Å². The van der Waals surface area contributed by atoms with E-state index in [4.69, 9.17) is 9.47 Å². The Labute approximate surface area is 299 Å². The van der Waals surface area contributed by atoms with E-state index in [2.05, 4.69) is 55.2 Å². The molecule has 0 aromatic heterocycles. The highest BCUT2D eigenvalue weighted by molar-refractivity contribution is 9.09. The first-order valence-corrected chi connectivity index (χ1v) is 18.3. The zero-order valence-corrected chi connectivity index (χ0v) is 31.2. The van der Waals surface area contributed by atoms with Crippen LogP contribution < -0.4 is 5.32 Å². The van der Waals surface area contributed by atoms with Crippen molar-refractivity contribution in [2.75, 3.05) is 26.2 Å². The van der Waals surface area contributed by atoms with Gasteiger partial charge in [-0.15, -0.1) is 13.2 Å². The number of allylic oxidation sites excluding steroid dienone is 1. The Hall–Kier alpha value is -3.02. The van der Waals surface area contributed by atoms with Gasteiger partial charge in [0.1, 0.15) is 17.7 Å². The summed E-state index contributed by atoms with van der Waals surface area (Å²) >= 11 is 3.75. The van der Waals surface area contributed by atoms with Crippen LogP contribution in [-0.4, -0.2) is 93.0 Å². The summed E-state index contributed by atoms with van der Waals surface area (Å²) in [5.74, 6) is -3.26. The van der Waals surface area contributed by atoms with Gasteiger partial charge in [-0.3, -0.25) is 19.2 Å². The number of rotatable bonds is 17. The summed E-state index contributed by atoms with van der Waals surface area (Å²) < 4.78 is 12.9. The van der Waals surface area contributed by atoms with Gasteiger partial charge in [-0.25, -0.2) is 0 Å². The highest BCUT2D eigenvalue weighted by Gasteiger charge is 2.77. The van der Waals surface area contributed by atoms with E-state index >= 15 is 0 Å². The zero-order valence-electron chi connectivity index (χ0n) is 29.7. The molecule has 2 bridgehead atoms. The minimum absolute atomic E-state index is 0.0432. The fourth-order valence-electron chi connectivity index (χ4n) is 8.26. The molecule has 3 aliphatic heterocycles. The molecule has 3 aliphatic rings. The van der Waals surface area contributed by atoms with Crippen molar-refractivity contribution < 1.29 is 33.8 Å². The molecule has 3 fully saturated rings. The molecule has 0 aliphatic carbocycles. The summed E-state index contributed by atoms with van der Waals surface area (Å²) in [6, 6.07) is 8.19. The van der Waals surface area contributed by atoms with E-state index in [1.807, 2.05) is 44.2 Å². The fourth-order valence-corrected chi connectivity index (χ4v) is 9.20. The van der Waals surface area contributed by atoms with Gasteiger partial charge in [0.05, 0.1) is 24.5 Å². The second-order valence-corrected chi connectivity index (χ2v) is 16.6. The van der Waals surface area contributed by atoms with Gasteiger partial charge in [0.25, 0.3) is 0 Å². The summed E-state index contributed by atoms with van der Waals surface area (Å²) in [4.78, 5) is 59.3. The summed E-state index contributed by atoms with van der Waals surface area (Å²) in [5, 5.41) is 12.4. The highest BCUT2D eigenvalue weighted by atomic mass is 79.9. The lowest BCUT2D eigenvalue weighted by molar-refractivity contribution is -0.160. The first-order chi connectivity index (χ1) is 23.1. The number of hydrogen-bond acceptors (Lipinski definition) is 7. The summed E-state index contributed by atoms with van der Waals surface area (Å²) in [5.41, 5.74) is -1.23. The van der Waals surface area contributed by atoms with Crippen molar-refractivity contribution in [3.8, 4) is 0 Å². The number of carbonyl (C=O) groups excluding carboxylic acids is 4. The van der Waals surface area contributed by atoms with E-state index in [9.17, 15) is 24.3 Å². The van der Waals surface area contributed by atoms with E-state index in [0.717, 1.165) is 0 Å². The fraction of sp³-hybridized carbons (Fsp3) is 0.632. The maximum absolute atomic E-state index is 14.9. The average Bonchev–Trinajstić information content (AvgIpc) is 3.63. The summed E-state index contributed by atoms with van der Waals surface area (Å²) in [7, 11) is 0. The molecule has 3 heterocycles. The first kappa shape index (κ1) is 38.8. The number of likely N-dealkylation sites (tertiary alicyclic amines) is 1. The molecule has 3 amide bonds. The Morgan fingerprint density at radius 2 is 1.86 bits per heavy atom. The normalized spacial score (nSPS) is 26.6. The molecule has 0 saturated carbocycles. The predicted octanol–water partition coefficient (Wildman–Crippen LogP) is 5.10. The number of benzene rings is 1. The summed E-state index contributed by atoms with van der Waals surface area (Å²) in [6.07, 6.45) is 4.67. The van der Waals surface area contributed by atoms with Crippen LogP contribution in [0.5, 0.6) is 0 Å². The molecule has 49 heavy (non-hydrogen) atoms. The molecule has 3 saturated heterocycles. The van der Waals surface area contributed by atoms with E-state index in [-0.39, 0.29) is 60.6 Å². The molecule has 0 radical (unpaired) electrons. The van der Waals surface area contributed by atoms with Crippen LogP contribution >= 0.6 is 15.9 Å². The van der Waals surface area contributed by atoms with Crippen LogP contribution in [0.3, 0.4) is 0 Å². The number of amides is 3. The van der Waals surface area contributed by atoms with Gasteiger partial charge >= 0.3 is 5.97 Å². The second kappa shape index (κ2) is 15.9. The first-order valence-electron chi connectivity index (χ1n) is 17.4. The van der Waals surface area contributed by atoms with Crippen molar-refractivity contribution in [3.05, 3.63) is 61.2 Å². The number of aliphatic hydroxyl groups excluding tert-OH is 1. The van der Waals surface area contributed by atoms with Crippen LogP contribution in [-0.2, 0) is 28.7 Å². The molecule has 10 nitrogen and oxygen atoms in total. The van der Waals surface area contributed by atoms with Crippen molar-refractivity contribution in [1.29, 1.82) is 0 Å². The molecule has 1 spiro atoms. The number of esters is 1. The van der Waals surface area contributed by atoms with E-state index in [1.54, 1.807) is 22.0 Å². The molecule has 270 valence electrons. The van der Waals surface area contributed by atoms with Crippen LogP contribution in [0.2, 0.25) is 0 Å². The quantitative estimate of drug-likeness (QED) is 0.0985. The van der Waals surface area contributed by atoms with Gasteiger partial charge < -0.3 is 29.7 Å². The monoisotopic (exact) mass is 743 g/mol. The highest BCUT2D eigenvalue weighted by Crippen LogP contribution is 2.60. The van der Waals surface area contributed by atoms with Gasteiger partial charge in [-0.1, -0.05) is 79.2 Å². The van der Waals surface area contributed by atoms with Crippen LogP contribution in [0.25, 0.3) is 0 Å². The molecule has 1 aromatic carbocycles. The van der Waals surface area contributed by atoms with Gasteiger partial charge in [-0.05, 0) is 56.9 Å². The molecule has 11 heteroatoms. The van der Waals surface area contributed by atoms with Crippen LogP contribution in [0.1, 0.15) is 84.8 Å². The number of aliphatic hydroxyl groups is 1. The molecule has 1 aromatic rings. The topological polar surface area (TPSA) is 125 Å². The SMILES string of the molecule is C=CCCC(=O)NC[C@H](OC(=O)[C@H]1[C@@H]2O[C@@]3(CC2Br)[C@@H]1C(=O)N(CCCCO)[C@@H]3C(=O)N(CC=C)C(C)(C)CC(C)(C)C)c1ccccc1. The lowest BCUT2D eigenvalue weighted by Gasteiger charge is -2.45. The van der Waals surface area contributed by atoms with Crippen LogP contribution in [0, 0.1) is 17.3 Å². The summed E-state index contributed by atoms with van der Waals surface area (Å²) in [6.45, 7) is 18.6. The third-order valence-corrected chi connectivity index (χ3v) is 10.7. The molecule has 2 N–H and O–H groups in total. The van der Waals surface area contributed by atoms with E-state index in [1.165, 1.54) is 0 Å². The maximum atomic E-state index is 14.9. The van der Waals surface area contributed by atoms with Gasteiger partial charge in [0.15, 0.2) is 0 Å². The van der Waals surface area contributed by atoms with Crippen LogP contribution in [0.15, 0.2) is 55.6 Å².